The molecule has 3 heterocycles. The van der Waals surface area contributed by atoms with E-state index in [2.05, 4.69) is 17.1 Å². The number of hydrogen-bond acceptors (Lipinski definition) is 7. The van der Waals surface area contributed by atoms with E-state index in [1.165, 1.54) is 0 Å². The van der Waals surface area contributed by atoms with Crippen LogP contribution in [0.15, 0.2) is 34.4 Å². The van der Waals surface area contributed by atoms with Gasteiger partial charge in [0.1, 0.15) is 11.4 Å². The third-order valence-electron chi connectivity index (χ3n) is 7.41. The number of nitrogens with two attached hydrogens (primary N) is 1. The maximum atomic E-state index is 13.6. The zero-order chi connectivity index (χ0) is 25.9. The number of benzene rings is 1. The second-order valence-electron chi connectivity index (χ2n) is 10.1. The third kappa shape index (κ3) is 5.41. The Morgan fingerprint density at radius 3 is 2.58 bits per heavy atom. The van der Waals surface area contributed by atoms with Gasteiger partial charge in [-0.25, -0.2) is 8.42 Å². The molecular weight excluding hydrogens is 478 g/mol. The van der Waals surface area contributed by atoms with Crippen LogP contribution < -0.4 is 15.8 Å². The second kappa shape index (κ2) is 11.5. The lowest BCUT2D eigenvalue weighted by molar-refractivity contribution is -0.118. The molecule has 9 nitrogen and oxygen atoms in total. The van der Waals surface area contributed by atoms with Gasteiger partial charge in [-0.2, -0.15) is 4.31 Å². The van der Waals surface area contributed by atoms with Gasteiger partial charge in [0, 0.05) is 32.2 Å². The normalized spacial score (nSPS) is 22.2. The zero-order valence-electron chi connectivity index (χ0n) is 21.8. The Morgan fingerprint density at radius 2 is 1.92 bits per heavy atom. The molecule has 36 heavy (non-hydrogen) atoms. The van der Waals surface area contributed by atoms with Crippen LogP contribution in [0.1, 0.15) is 57.6 Å². The number of nitrogens with zero attached hydrogens (tertiary/aromatic N) is 3. The zero-order valence-corrected chi connectivity index (χ0v) is 22.6. The van der Waals surface area contributed by atoms with Gasteiger partial charge in [0.05, 0.1) is 24.2 Å². The first kappa shape index (κ1) is 26.9. The van der Waals surface area contributed by atoms with Gasteiger partial charge in [0.15, 0.2) is 0 Å². The molecule has 1 aromatic carbocycles. The van der Waals surface area contributed by atoms with Crippen LogP contribution in [0, 0.1) is 5.92 Å². The van der Waals surface area contributed by atoms with Crippen LogP contribution in [-0.2, 0) is 14.8 Å². The van der Waals surface area contributed by atoms with Crippen LogP contribution in [0.25, 0.3) is 0 Å². The van der Waals surface area contributed by atoms with Crippen molar-refractivity contribution in [1.82, 2.24) is 19.4 Å². The lowest BCUT2D eigenvalue weighted by Gasteiger charge is -2.35. The fraction of sp³-hybridized carbons (Fsp3) is 0.654. The molecule has 0 saturated carbocycles. The smallest absolute Gasteiger partial charge is 0.268 e. The lowest BCUT2D eigenvalue weighted by Crippen LogP contribution is -2.43. The Labute approximate surface area is 215 Å². The first-order valence-corrected chi connectivity index (χ1v) is 14.7. The topological polar surface area (TPSA) is 108 Å². The minimum atomic E-state index is -3.67. The lowest BCUT2D eigenvalue weighted by atomic mass is 9.95. The predicted molar refractivity (Wildman–Crippen MR) is 140 cm³/mol. The number of hydrogen-bond donors (Lipinski definition) is 2. The Hall–Kier alpha value is -2.14. The standard InChI is InChI=1S/C26H41N5O4S/c1-4-12-30-17-22-24(28-26(32)25(22)29(3)18-30)21-16-20(6-7-23(21)35-15-5-2)36(33,34)31-13-9-19(8-11-27)10-14-31/h6-7,16,19,24H,4-5,8-15,17-18,27H2,1-3H3,(H,28,32). The van der Waals surface area contributed by atoms with Gasteiger partial charge >= 0.3 is 0 Å². The number of likely N-dealkylation sites (N-methyl/N-ethyl adjacent to an activating group) is 1. The molecule has 0 bridgehead atoms. The Balaban J connectivity index is 1.68. The number of amides is 1. The number of piperidine rings is 1. The molecule has 1 aromatic rings. The van der Waals surface area contributed by atoms with Crippen LogP contribution in [0.5, 0.6) is 5.75 Å². The van der Waals surface area contributed by atoms with Crippen LogP contribution in [0.3, 0.4) is 0 Å². The molecule has 4 rings (SSSR count). The van der Waals surface area contributed by atoms with E-state index >= 15 is 0 Å². The largest absolute Gasteiger partial charge is 0.493 e. The highest BCUT2D eigenvalue weighted by Crippen LogP contribution is 2.40. The first-order chi connectivity index (χ1) is 17.3. The SMILES string of the molecule is CCCOc1ccc(S(=O)(=O)N2CCC(CCN)CC2)cc1C1NC(=O)C2=C1CN(CCC)CN2C. The molecule has 1 amide bonds. The second-order valence-corrected chi connectivity index (χ2v) is 12.1. The fourth-order valence-corrected chi connectivity index (χ4v) is 7.13. The maximum Gasteiger partial charge on any atom is 0.268 e. The summed E-state index contributed by atoms with van der Waals surface area (Å²) in [5.74, 6) is 0.979. The summed E-state index contributed by atoms with van der Waals surface area (Å²) in [6.07, 6.45) is 4.44. The van der Waals surface area contributed by atoms with E-state index in [0.717, 1.165) is 44.2 Å². The van der Waals surface area contributed by atoms with Gasteiger partial charge in [-0.1, -0.05) is 13.8 Å². The van der Waals surface area contributed by atoms with Gasteiger partial charge in [0.25, 0.3) is 5.91 Å². The number of sulfonamides is 1. The van der Waals surface area contributed by atoms with E-state index in [1.54, 1.807) is 22.5 Å². The molecular formula is C26H41N5O4S. The summed E-state index contributed by atoms with van der Waals surface area (Å²) >= 11 is 0. The van der Waals surface area contributed by atoms with Crippen molar-refractivity contribution < 1.29 is 17.9 Å². The van der Waals surface area contributed by atoms with Crippen molar-refractivity contribution in [2.45, 2.75) is 56.9 Å². The van der Waals surface area contributed by atoms with Crippen molar-refractivity contribution in [1.29, 1.82) is 0 Å². The Morgan fingerprint density at radius 1 is 1.17 bits per heavy atom. The van der Waals surface area contributed by atoms with Crippen LogP contribution in [0.4, 0.5) is 0 Å². The predicted octanol–water partition coefficient (Wildman–Crippen LogP) is 2.26. The molecule has 10 heteroatoms. The summed E-state index contributed by atoms with van der Waals surface area (Å²) in [7, 11) is -1.73. The van der Waals surface area contributed by atoms with Crippen molar-refractivity contribution >= 4 is 15.9 Å². The van der Waals surface area contributed by atoms with Crippen LogP contribution >= 0.6 is 0 Å². The number of carbonyl (C=O) groups excluding carboxylic acids is 1. The third-order valence-corrected chi connectivity index (χ3v) is 9.31. The summed E-state index contributed by atoms with van der Waals surface area (Å²) in [5.41, 5.74) is 8.06. The van der Waals surface area contributed by atoms with Gasteiger partial charge < -0.3 is 20.7 Å². The molecule has 1 saturated heterocycles. The van der Waals surface area contributed by atoms with Crippen molar-refractivity contribution in [3.63, 3.8) is 0 Å². The summed E-state index contributed by atoms with van der Waals surface area (Å²) in [6.45, 7) is 8.61. The molecule has 0 aromatic heterocycles. The minimum Gasteiger partial charge on any atom is -0.493 e. The number of ether oxygens (including phenoxy) is 1. The molecule has 3 aliphatic heterocycles. The quantitative estimate of drug-likeness (QED) is 0.488. The fourth-order valence-electron chi connectivity index (χ4n) is 5.63. The van der Waals surface area contributed by atoms with E-state index in [9.17, 15) is 13.2 Å². The van der Waals surface area contributed by atoms with Gasteiger partial charge in [-0.15, -0.1) is 0 Å². The van der Waals surface area contributed by atoms with E-state index in [1.807, 2.05) is 18.9 Å². The molecule has 1 unspecified atom stereocenters. The maximum absolute atomic E-state index is 13.6. The summed E-state index contributed by atoms with van der Waals surface area (Å²) in [4.78, 5) is 17.5. The van der Waals surface area contributed by atoms with Crippen LogP contribution in [0.2, 0.25) is 0 Å². The molecule has 0 spiro atoms. The monoisotopic (exact) mass is 519 g/mol. The first-order valence-electron chi connectivity index (χ1n) is 13.2. The van der Waals surface area contributed by atoms with E-state index in [4.69, 9.17) is 10.5 Å². The molecule has 200 valence electrons. The molecule has 0 radical (unpaired) electrons. The summed E-state index contributed by atoms with van der Waals surface area (Å²) < 4.78 is 34.9. The molecule has 3 N–H and O–H groups in total. The number of rotatable bonds is 10. The summed E-state index contributed by atoms with van der Waals surface area (Å²) in [6, 6.07) is 4.68. The molecule has 0 aliphatic carbocycles. The van der Waals surface area contributed by atoms with Gasteiger partial charge in [0.2, 0.25) is 10.0 Å². The number of carbonyl (C=O) groups is 1. The summed E-state index contributed by atoms with van der Waals surface area (Å²) in [5, 5.41) is 3.12. The van der Waals surface area contributed by atoms with Crippen LogP contribution in [-0.4, -0.2) is 81.5 Å². The van der Waals surface area contributed by atoms with Crippen molar-refractivity contribution in [3.8, 4) is 5.75 Å². The average molecular weight is 520 g/mol. The van der Waals surface area contributed by atoms with Gasteiger partial charge in [-0.3, -0.25) is 9.69 Å². The Bertz CT molecular complexity index is 1080. The Kier molecular flexibility index (Phi) is 8.59. The average Bonchev–Trinajstić information content (AvgIpc) is 3.19. The number of nitrogens with one attached hydrogen (secondary N) is 1. The minimum absolute atomic E-state index is 0.120. The van der Waals surface area contributed by atoms with Crippen molar-refractivity contribution in [2.75, 3.05) is 53.0 Å². The molecule has 3 aliphatic rings. The molecule has 1 atom stereocenters. The highest BCUT2D eigenvalue weighted by atomic mass is 32.2. The van der Waals surface area contributed by atoms with Crippen molar-refractivity contribution in [2.24, 2.45) is 11.7 Å². The van der Waals surface area contributed by atoms with E-state index in [0.29, 0.717) is 62.4 Å². The van der Waals surface area contributed by atoms with Gasteiger partial charge in [-0.05, 0) is 74.9 Å². The van der Waals surface area contributed by atoms with E-state index < -0.39 is 16.1 Å². The van der Waals surface area contributed by atoms with Crippen molar-refractivity contribution in [3.05, 3.63) is 35.0 Å². The van der Waals surface area contributed by atoms with E-state index in [-0.39, 0.29) is 10.8 Å². The highest BCUT2D eigenvalue weighted by Gasteiger charge is 2.40. The molecule has 1 fully saturated rings. The highest BCUT2D eigenvalue weighted by molar-refractivity contribution is 7.89.